The molecule has 0 rings (SSSR count). The van der Waals surface area contributed by atoms with Gasteiger partial charge in [0.05, 0.1) is 6.10 Å². The summed E-state index contributed by atoms with van der Waals surface area (Å²) in [5.74, 6) is 0.929. The van der Waals surface area contributed by atoms with E-state index in [0.717, 1.165) is 18.8 Å². The molecule has 21 heavy (non-hydrogen) atoms. The second-order valence-corrected chi connectivity index (χ2v) is 7.07. The smallest absolute Gasteiger partial charge is 0.0537 e. The molecule has 0 fully saturated rings. The molecule has 0 aliphatic heterocycles. The van der Waals surface area contributed by atoms with Gasteiger partial charge < -0.3 is 5.11 Å². The first kappa shape index (κ1) is 21.0. The Morgan fingerprint density at radius 3 is 1.52 bits per heavy atom. The lowest BCUT2D eigenvalue weighted by molar-refractivity contribution is 0.156. The van der Waals surface area contributed by atoms with Crippen LogP contribution in [0.15, 0.2) is 0 Å². The first-order valence-electron chi connectivity index (χ1n) is 9.88. The SMILES string of the molecule is CCCCCCCCC(C)CCCCCCCC(O)CC. The van der Waals surface area contributed by atoms with E-state index >= 15 is 0 Å². The van der Waals surface area contributed by atoms with Crippen LogP contribution in [0.5, 0.6) is 0 Å². The molecule has 1 heteroatoms. The second-order valence-electron chi connectivity index (χ2n) is 7.07. The lowest BCUT2D eigenvalue weighted by Gasteiger charge is -2.11. The first-order chi connectivity index (χ1) is 10.2. The van der Waals surface area contributed by atoms with E-state index in [-0.39, 0.29) is 6.10 Å². The highest BCUT2D eigenvalue weighted by Crippen LogP contribution is 2.18. The fraction of sp³-hybridized carbons (Fsp3) is 1.00. The average molecular weight is 299 g/mol. The van der Waals surface area contributed by atoms with Gasteiger partial charge in [-0.3, -0.25) is 0 Å². The van der Waals surface area contributed by atoms with Crippen LogP contribution >= 0.6 is 0 Å². The molecule has 0 saturated carbocycles. The summed E-state index contributed by atoms with van der Waals surface area (Å²) in [6, 6.07) is 0. The highest BCUT2D eigenvalue weighted by Gasteiger charge is 2.03. The van der Waals surface area contributed by atoms with Gasteiger partial charge in [-0.2, -0.15) is 0 Å². The lowest BCUT2D eigenvalue weighted by Crippen LogP contribution is -2.03. The molecule has 1 N–H and O–H groups in total. The first-order valence-corrected chi connectivity index (χ1v) is 9.88. The van der Waals surface area contributed by atoms with Gasteiger partial charge in [0, 0.05) is 0 Å². The summed E-state index contributed by atoms with van der Waals surface area (Å²) in [5.41, 5.74) is 0. The third kappa shape index (κ3) is 16.2. The minimum absolute atomic E-state index is 0.0534. The topological polar surface area (TPSA) is 20.2 Å². The molecule has 0 bridgehead atoms. The average Bonchev–Trinajstić information content (AvgIpc) is 2.49. The Balaban J connectivity index is 3.17. The van der Waals surface area contributed by atoms with Crippen molar-refractivity contribution in [1.29, 1.82) is 0 Å². The molecule has 0 radical (unpaired) electrons. The van der Waals surface area contributed by atoms with E-state index in [1.807, 2.05) is 0 Å². The summed E-state index contributed by atoms with van der Waals surface area (Å²) in [6.45, 7) is 6.79. The Morgan fingerprint density at radius 1 is 0.619 bits per heavy atom. The zero-order valence-corrected chi connectivity index (χ0v) is 15.2. The van der Waals surface area contributed by atoms with Crippen molar-refractivity contribution in [2.45, 2.75) is 123 Å². The van der Waals surface area contributed by atoms with Crippen LogP contribution in [-0.4, -0.2) is 11.2 Å². The van der Waals surface area contributed by atoms with Crippen LogP contribution in [-0.2, 0) is 0 Å². The van der Waals surface area contributed by atoms with Crippen molar-refractivity contribution in [3.63, 3.8) is 0 Å². The van der Waals surface area contributed by atoms with Crippen LogP contribution in [0.1, 0.15) is 117 Å². The van der Waals surface area contributed by atoms with E-state index in [9.17, 15) is 5.11 Å². The van der Waals surface area contributed by atoms with Crippen molar-refractivity contribution in [2.24, 2.45) is 5.92 Å². The molecule has 0 aliphatic carbocycles. The van der Waals surface area contributed by atoms with Gasteiger partial charge >= 0.3 is 0 Å². The number of aliphatic hydroxyl groups excluding tert-OH is 1. The Labute approximate surface area is 134 Å². The maximum Gasteiger partial charge on any atom is 0.0537 e. The summed E-state index contributed by atoms with van der Waals surface area (Å²) in [5, 5.41) is 9.48. The molecule has 0 aromatic carbocycles. The quantitative estimate of drug-likeness (QED) is 0.308. The maximum absolute atomic E-state index is 9.48. The summed E-state index contributed by atoms with van der Waals surface area (Å²) in [4.78, 5) is 0. The Morgan fingerprint density at radius 2 is 1.05 bits per heavy atom. The van der Waals surface area contributed by atoms with Crippen molar-refractivity contribution in [3.8, 4) is 0 Å². The molecule has 128 valence electrons. The molecule has 0 heterocycles. The predicted octanol–water partition coefficient (Wildman–Crippen LogP) is 6.87. The van der Waals surface area contributed by atoms with E-state index in [2.05, 4.69) is 20.8 Å². The second kappa shape index (κ2) is 16.3. The standard InChI is InChI=1S/C20H42O/c1-4-6-7-8-10-13-16-19(3)17-14-11-9-12-15-18-20(21)5-2/h19-21H,4-18H2,1-3H3. The fourth-order valence-electron chi connectivity index (χ4n) is 3.02. The number of rotatable bonds is 16. The molecular formula is C20H42O. The van der Waals surface area contributed by atoms with E-state index in [4.69, 9.17) is 0 Å². The molecule has 0 amide bonds. The Kier molecular flexibility index (Phi) is 16.3. The van der Waals surface area contributed by atoms with Crippen LogP contribution < -0.4 is 0 Å². The zero-order chi connectivity index (χ0) is 15.8. The minimum atomic E-state index is -0.0534. The molecule has 1 nitrogen and oxygen atoms in total. The van der Waals surface area contributed by atoms with Gasteiger partial charge in [-0.25, -0.2) is 0 Å². The van der Waals surface area contributed by atoms with Gasteiger partial charge in [0.1, 0.15) is 0 Å². The van der Waals surface area contributed by atoms with Crippen LogP contribution in [0.2, 0.25) is 0 Å². The van der Waals surface area contributed by atoms with Gasteiger partial charge in [0.25, 0.3) is 0 Å². The monoisotopic (exact) mass is 298 g/mol. The number of unbranched alkanes of at least 4 members (excludes halogenated alkanes) is 9. The highest BCUT2D eigenvalue weighted by atomic mass is 16.3. The zero-order valence-electron chi connectivity index (χ0n) is 15.2. The van der Waals surface area contributed by atoms with Gasteiger partial charge in [0.15, 0.2) is 0 Å². The summed E-state index contributed by atoms with van der Waals surface area (Å²) >= 11 is 0. The molecule has 2 unspecified atom stereocenters. The van der Waals surface area contributed by atoms with E-state index < -0.39 is 0 Å². The molecular weight excluding hydrogens is 256 g/mol. The van der Waals surface area contributed by atoms with Gasteiger partial charge in [-0.05, 0) is 18.8 Å². The third-order valence-electron chi connectivity index (χ3n) is 4.76. The highest BCUT2D eigenvalue weighted by molar-refractivity contribution is 4.57. The minimum Gasteiger partial charge on any atom is -0.393 e. The molecule has 0 spiro atoms. The van der Waals surface area contributed by atoms with Crippen molar-refractivity contribution in [3.05, 3.63) is 0 Å². The fourth-order valence-corrected chi connectivity index (χ4v) is 3.02. The van der Waals surface area contributed by atoms with Crippen molar-refractivity contribution in [2.75, 3.05) is 0 Å². The molecule has 0 aliphatic rings. The van der Waals surface area contributed by atoms with Gasteiger partial charge in [-0.1, -0.05) is 104 Å². The van der Waals surface area contributed by atoms with E-state index in [0.29, 0.717) is 0 Å². The van der Waals surface area contributed by atoms with Crippen molar-refractivity contribution >= 4 is 0 Å². The molecule has 0 aromatic heterocycles. The third-order valence-corrected chi connectivity index (χ3v) is 4.76. The largest absolute Gasteiger partial charge is 0.393 e. The maximum atomic E-state index is 9.48. The van der Waals surface area contributed by atoms with Crippen LogP contribution in [0.4, 0.5) is 0 Å². The van der Waals surface area contributed by atoms with Gasteiger partial charge in [-0.15, -0.1) is 0 Å². The van der Waals surface area contributed by atoms with E-state index in [1.165, 1.54) is 83.5 Å². The molecule has 0 aromatic rings. The molecule has 2 atom stereocenters. The number of hydrogen-bond acceptors (Lipinski definition) is 1. The summed E-state index contributed by atoms with van der Waals surface area (Å²) < 4.78 is 0. The lowest BCUT2D eigenvalue weighted by atomic mass is 9.96. The number of aliphatic hydroxyl groups is 1. The van der Waals surface area contributed by atoms with Crippen molar-refractivity contribution < 1.29 is 5.11 Å². The number of hydrogen-bond donors (Lipinski definition) is 1. The molecule has 0 saturated heterocycles. The van der Waals surface area contributed by atoms with Crippen LogP contribution in [0.3, 0.4) is 0 Å². The Bertz CT molecular complexity index is 190. The Hall–Kier alpha value is -0.0400. The summed E-state index contributed by atoms with van der Waals surface area (Å²) in [6.07, 6.45) is 20.0. The van der Waals surface area contributed by atoms with Gasteiger partial charge in [0.2, 0.25) is 0 Å². The van der Waals surface area contributed by atoms with Crippen LogP contribution in [0, 0.1) is 5.92 Å². The van der Waals surface area contributed by atoms with Crippen molar-refractivity contribution in [1.82, 2.24) is 0 Å². The normalized spacial score (nSPS) is 14.3. The summed E-state index contributed by atoms with van der Waals surface area (Å²) in [7, 11) is 0. The van der Waals surface area contributed by atoms with E-state index in [1.54, 1.807) is 0 Å². The predicted molar refractivity (Wildman–Crippen MR) is 95.8 cm³/mol. The van der Waals surface area contributed by atoms with Crippen LogP contribution in [0.25, 0.3) is 0 Å².